The van der Waals surface area contributed by atoms with Crippen LogP contribution in [0.25, 0.3) is 0 Å². The molecular formula is C14H22ClNOS. The molecule has 0 saturated heterocycles. The highest BCUT2D eigenvalue weighted by Crippen LogP contribution is 2.37. The predicted octanol–water partition coefficient (Wildman–Crippen LogP) is 3.81. The summed E-state index contributed by atoms with van der Waals surface area (Å²) in [6, 6.07) is 0.194. The number of aliphatic hydroxyl groups is 1. The SMILES string of the molecule is OC(C1CCC(Cl)CC1)C1CCCCC1N=C=S. The number of rotatable bonds is 3. The second kappa shape index (κ2) is 7.00. The Morgan fingerprint density at radius 1 is 1.11 bits per heavy atom. The van der Waals surface area contributed by atoms with Gasteiger partial charge in [-0.15, -0.1) is 11.6 Å². The molecule has 18 heavy (non-hydrogen) atoms. The number of thiocarbonyl (C=S) groups is 1. The quantitative estimate of drug-likeness (QED) is 0.486. The van der Waals surface area contributed by atoms with Gasteiger partial charge in [-0.3, -0.25) is 0 Å². The summed E-state index contributed by atoms with van der Waals surface area (Å²) in [6.07, 6.45) is 8.49. The molecule has 0 amide bonds. The number of hydrogen-bond donors (Lipinski definition) is 1. The highest BCUT2D eigenvalue weighted by molar-refractivity contribution is 7.78. The minimum atomic E-state index is -0.230. The van der Waals surface area contributed by atoms with E-state index < -0.39 is 0 Å². The van der Waals surface area contributed by atoms with Gasteiger partial charge in [0.1, 0.15) is 0 Å². The lowest BCUT2D eigenvalue weighted by molar-refractivity contribution is 0.0113. The molecule has 0 spiro atoms. The fraction of sp³-hybridized carbons (Fsp3) is 0.929. The Morgan fingerprint density at radius 2 is 1.78 bits per heavy atom. The predicted molar refractivity (Wildman–Crippen MR) is 78.4 cm³/mol. The number of alkyl halides is 1. The van der Waals surface area contributed by atoms with Crippen molar-refractivity contribution in [3.8, 4) is 0 Å². The average molecular weight is 288 g/mol. The Bertz CT molecular complexity index is 311. The molecule has 102 valence electrons. The van der Waals surface area contributed by atoms with E-state index >= 15 is 0 Å². The van der Waals surface area contributed by atoms with Gasteiger partial charge in [-0.1, -0.05) is 12.8 Å². The third-order valence-corrected chi connectivity index (χ3v) is 5.16. The monoisotopic (exact) mass is 287 g/mol. The Morgan fingerprint density at radius 3 is 2.44 bits per heavy atom. The minimum Gasteiger partial charge on any atom is -0.392 e. The molecule has 0 aromatic carbocycles. The van der Waals surface area contributed by atoms with Crippen LogP contribution in [0.4, 0.5) is 0 Å². The average Bonchev–Trinajstić information content (AvgIpc) is 2.40. The molecule has 2 aliphatic carbocycles. The lowest BCUT2D eigenvalue weighted by atomic mass is 9.73. The maximum Gasteiger partial charge on any atom is 0.0655 e. The van der Waals surface area contributed by atoms with Gasteiger partial charge in [-0.2, -0.15) is 0 Å². The van der Waals surface area contributed by atoms with Crippen LogP contribution in [0.3, 0.4) is 0 Å². The fourth-order valence-corrected chi connectivity index (χ4v) is 3.92. The van der Waals surface area contributed by atoms with Crippen molar-refractivity contribution in [1.29, 1.82) is 0 Å². The zero-order chi connectivity index (χ0) is 13.0. The normalized spacial score (nSPS) is 38.8. The molecule has 0 aliphatic heterocycles. The lowest BCUT2D eigenvalue weighted by Crippen LogP contribution is -2.39. The van der Waals surface area contributed by atoms with Crippen LogP contribution < -0.4 is 0 Å². The highest BCUT2D eigenvalue weighted by Gasteiger charge is 2.36. The number of aliphatic hydroxyl groups excluding tert-OH is 1. The number of nitrogens with zero attached hydrogens (tertiary/aromatic N) is 1. The van der Waals surface area contributed by atoms with Gasteiger partial charge in [0.15, 0.2) is 0 Å². The van der Waals surface area contributed by atoms with Crippen LogP contribution in [0.5, 0.6) is 0 Å². The van der Waals surface area contributed by atoms with Gasteiger partial charge in [-0.25, -0.2) is 4.99 Å². The van der Waals surface area contributed by atoms with Crippen LogP contribution in [-0.2, 0) is 0 Å². The van der Waals surface area contributed by atoms with Crippen molar-refractivity contribution in [2.45, 2.75) is 68.9 Å². The smallest absolute Gasteiger partial charge is 0.0655 e. The van der Waals surface area contributed by atoms with Crippen LogP contribution in [0.1, 0.15) is 51.4 Å². The molecule has 3 atom stereocenters. The Balaban J connectivity index is 1.97. The summed E-state index contributed by atoms with van der Waals surface area (Å²) >= 11 is 10.9. The summed E-state index contributed by atoms with van der Waals surface area (Å²) in [5.74, 6) is 0.692. The van der Waals surface area contributed by atoms with E-state index in [1.807, 2.05) is 0 Å². The largest absolute Gasteiger partial charge is 0.392 e. The fourth-order valence-electron chi connectivity index (χ4n) is 3.54. The zero-order valence-corrected chi connectivity index (χ0v) is 12.3. The van der Waals surface area contributed by atoms with Crippen LogP contribution in [0.15, 0.2) is 4.99 Å². The molecule has 0 heterocycles. The molecule has 0 bridgehead atoms. The molecule has 2 rings (SSSR count). The van der Waals surface area contributed by atoms with Crippen LogP contribution in [0.2, 0.25) is 0 Å². The Kier molecular flexibility index (Phi) is 5.62. The summed E-state index contributed by atoms with van der Waals surface area (Å²) in [7, 11) is 0. The third-order valence-electron chi connectivity index (χ3n) is 4.62. The molecule has 2 fully saturated rings. The van der Waals surface area contributed by atoms with Gasteiger partial charge < -0.3 is 5.11 Å². The molecule has 2 nitrogen and oxygen atoms in total. The lowest BCUT2D eigenvalue weighted by Gasteiger charge is -2.38. The summed E-state index contributed by atoms with van der Waals surface area (Å²) < 4.78 is 0. The second-order valence-corrected chi connectivity index (χ2v) is 6.54. The molecule has 2 saturated carbocycles. The summed E-state index contributed by atoms with van der Waals surface area (Å²) in [6.45, 7) is 0. The van der Waals surface area contributed by atoms with Crippen LogP contribution in [-0.4, -0.2) is 27.8 Å². The number of hydrogen-bond acceptors (Lipinski definition) is 3. The molecule has 1 N–H and O–H groups in total. The topological polar surface area (TPSA) is 32.6 Å². The molecule has 4 heteroatoms. The second-order valence-electron chi connectivity index (χ2n) is 5.74. The van der Waals surface area contributed by atoms with Gasteiger partial charge in [0.2, 0.25) is 0 Å². The van der Waals surface area contributed by atoms with Crippen molar-refractivity contribution in [2.75, 3.05) is 0 Å². The van der Waals surface area contributed by atoms with Crippen molar-refractivity contribution >= 4 is 29.0 Å². The zero-order valence-electron chi connectivity index (χ0n) is 10.7. The van der Waals surface area contributed by atoms with Crippen molar-refractivity contribution in [1.82, 2.24) is 0 Å². The van der Waals surface area contributed by atoms with E-state index in [1.165, 1.54) is 12.8 Å². The van der Waals surface area contributed by atoms with Gasteiger partial charge in [0.05, 0.1) is 17.3 Å². The number of isothiocyanates is 1. The first-order valence-electron chi connectivity index (χ1n) is 7.11. The minimum absolute atomic E-state index is 0.194. The molecule has 0 aromatic rings. The first kappa shape index (κ1) is 14.5. The van der Waals surface area contributed by atoms with E-state index in [0.29, 0.717) is 11.3 Å². The van der Waals surface area contributed by atoms with Gasteiger partial charge in [0, 0.05) is 11.3 Å². The summed E-state index contributed by atoms with van der Waals surface area (Å²) in [5.41, 5.74) is 0. The van der Waals surface area contributed by atoms with Crippen molar-refractivity contribution in [3.05, 3.63) is 0 Å². The van der Waals surface area contributed by atoms with E-state index in [2.05, 4.69) is 10.2 Å². The third kappa shape index (κ3) is 3.54. The molecule has 0 aromatic heterocycles. The Labute approximate surface area is 120 Å². The van der Waals surface area contributed by atoms with E-state index in [9.17, 15) is 5.11 Å². The standard InChI is InChI=1S/C14H22ClNOS/c15-11-7-5-10(6-8-11)14(17)12-3-1-2-4-13(12)16-9-18/h10-14,17H,1-8H2. The van der Waals surface area contributed by atoms with E-state index in [4.69, 9.17) is 23.8 Å². The van der Waals surface area contributed by atoms with E-state index in [-0.39, 0.29) is 18.1 Å². The van der Waals surface area contributed by atoms with E-state index in [1.54, 1.807) is 0 Å². The van der Waals surface area contributed by atoms with Crippen molar-refractivity contribution < 1.29 is 5.11 Å². The molecular weight excluding hydrogens is 266 g/mol. The van der Waals surface area contributed by atoms with Gasteiger partial charge in [0.25, 0.3) is 0 Å². The summed E-state index contributed by atoms with van der Waals surface area (Å²) in [4.78, 5) is 4.27. The van der Waals surface area contributed by atoms with Crippen molar-refractivity contribution in [2.24, 2.45) is 16.8 Å². The molecule has 0 radical (unpaired) electrons. The first-order valence-corrected chi connectivity index (χ1v) is 7.96. The van der Waals surface area contributed by atoms with Crippen LogP contribution in [0, 0.1) is 11.8 Å². The maximum atomic E-state index is 10.6. The van der Waals surface area contributed by atoms with Gasteiger partial charge >= 0.3 is 0 Å². The summed E-state index contributed by atoms with van der Waals surface area (Å²) in [5, 5.41) is 13.4. The van der Waals surface area contributed by atoms with Gasteiger partial charge in [-0.05, 0) is 56.7 Å². The maximum absolute atomic E-state index is 10.6. The molecule has 3 unspecified atom stereocenters. The van der Waals surface area contributed by atoms with E-state index in [0.717, 1.165) is 38.5 Å². The number of halogens is 1. The van der Waals surface area contributed by atoms with Crippen LogP contribution >= 0.6 is 23.8 Å². The first-order chi connectivity index (χ1) is 8.72. The molecule has 2 aliphatic rings. The van der Waals surface area contributed by atoms with Crippen molar-refractivity contribution in [3.63, 3.8) is 0 Å². The number of aliphatic imine (C=N–C) groups is 1. The Hall–Kier alpha value is 0.0500. The highest BCUT2D eigenvalue weighted by atomic mass is 35.5.